The predicted octanol–water partition coefficient (Wildman–Crippen LogP) is 2.38. The van der Waals surface area contributed by atoms with Gasteiger partial charge in [0.2, 0.25) is 0 Å². The number of ether oxygens (including phenoxy) is 1. The molecule has 0 spiro atoms. The van der Waals surface area contributed by atoms with E-state index in [0.717, 1.165) is 25.7 Å². The molecule has 1 aliphatic carbocycles. The first-order valence-electron chi connectivity index (χ1n) is 6.58. The zero-order valence-corrected chi connectivity index (χ0v) is 11.2. The molecule has 0 radical (unpaired) electrons. The van der Waals surface area contributed by atoms with Gasteiger partial charge in [0.15, 0.2) is 0 Å². The highest BCUT2D eigenvalue weighted by molar-refractivity contribution is 5.62. The molecule has 0 amide bonds. The molecular formula is C14H21FN2O2. The molecule has 5 heteroatoms. The fraction of sp³-hybridized carbons (Fsp3) is 0.571. The molecule has 4 nitrogen and oxygen atoms in total. The molecule has 2 rings (SSSR count). The van der Waals surface area contributed by atoms with Gasteiger partial charge in [-0.25, -0.2) is 4.39 Å². The van der Waals surface area contributed by atoms with Gasteiger partial charge >= 0.3 is 0 Å². The Balaban J connectivity index is 2.10. The monoisotopic (exact) mass is 268 g/mol. The van der Waals surface area contributed by atoms with Crippen molar-refractivity contribution < 1.29 is 14.2 Å². The lowest BCUT2D eigenvalue weighted by molar-refractivity contribution is 0.142. The molecular weight excluding hydrogens is 247 g/mol. The molecule has 1 aromatic carbocycles. The topological polar surface area (TPSA) is 67.5 Å². The van der Waals surface area contributed by atoms with Crippen molar-refractivity contribution in [2.45, 2.75) is 25.7 Å². The minimum Gasteiger partial charge on any atom is -0.495 e. The van der Waals surface area contributed by atoms with Gasteiger partial charge in [-0.15, -0.1) is 0 Å². The summed E-state index contributed by atoms with van der Waals surface area (Å²) in [7, 11) is 1.50. The van der Waals surface area contributed by atoms with Crippen molar-refractivity contribution in [3.8, 4) is 5.75 Å². The molecule has 0 aliphatic heterocycles. The second-order valence-corrected chi connectivity index (χ2v) is 5.29. The third-order valence-corrected chi connectivity index (χ3v) is 3.97. The molecule has 4 N–H and O–H groups in total. The Kier molecular flexibility index (Phi) is 4.14. The Hall–Kier alpha value is -1.49. The second kappa shape index (κ2) is 5.65. The summed E-state index contributed by atoms with van der Waals surface area (Å²) in [6, 6.07) is 2.81. The Labute approximate surface area is 112 Å². The van der Waals surface area contributed by atoms with Crippen molar-refractivity contribution in [1.29, 1.82) is 0 Å². The van der Waals surface area contributed by atoms with Crippen LogP contribution in [0.5, 0.6) is 5.75 Å². The molecule has 0 bridgehead atoms. The van der Waals surface area contributed by atoms with Crippen LogP contribution < -0.4 is 15.8 Å². The van der Waals surface area contributed by atoms with Crippen molar-refractivity contribution >= 4 is 11.4 Å². The minimum absolute atomic E-state index is 0.124. The molecule has 1 saturated carbocycles. The number of anilines is 2. The van der Waals surface area contributed by atoms with Crippen LogP contribution in [0.25, 0.3) is 0 Å². The Morgan fingerprint density at radius 2 is 2.11 bits per heavy atom. The van der Waals surface area contributed by atoms with Crippen LogP contribution in [0.15, 0.2) is 12.1 Å². The molecule has 0 unspecified atom stereocenters. The van der Waals surface area contributed by atoms with Crippen LogP contribution in [-0.2, 0) is 0 Å². The quantitative estimate of drug-likeness (QED) is 0.717. The lowest BCUT2D eigenvalue weighted by Gasteiger charge is -2.27. The fourth-order valence-corrected chi connectivity index (χ4v) is 2.68. The van der Waals surface area contributed by atoms with E-state index in [1.807, 2.05) is 0 Å². The highest BCUT2D eigenvalue weighted by atomic mass is 19.1. The van der Waals surface area contributed by atoms with Crippen LogP contribution in [-0.4, -0.2) is 25.4 Å². The van der Waals surface area contributed by atoms with E-state index in [0.29, 0.717) is 18.0 Å². The third-order valence-electron chi connectivity index (χ3n) is 3.97. The van der Waals surface area contributed by atoms with E-state index in [1.54, 1.807) is 6.07 Å². The average molecular weight is 268 g/mol. The summed E-state index contributed by atoms with van der Waals surface area (Å²) in [5, 5.41) is 12.6. The lowest BCUT2D eigenvalue weighted by Crippen LogP contribution is -2.30. The molecule has 0 heterocycles. The summed E-state index contributed by atoms with van der Waals surface area (Å²) in [6.07, 6.45) is 4.19. The van der Waals surface area contributed by atoms with E-state index in [4.69, 9.17) is 10.5 Å². The number of benzene rings is 1. The van der Waals surface area contributed by atoms with Crippen LogP contribution in [0.4, 0.5) is 15.8 Å². The maximum absolute atomic E-state index is 13.8. The number of methoxy groups -OCH3 is 1. The number of nitrogens with one attached hydrogen (secondary N) is 1. The number of nitrogen functional groups attached to an aromatic ring is 1. The van der Waals surface area contributed by atoms with Gasteiger partial charge in [0.1, 0.15) is 11.6 Å². The van der Waals surface area contributed by atoms with E-state index < -0.39 is 5.82 Å². The van der Waals surface area contributed by atoms with Gasteiger partial charge < -0.3 is 20.9 Å². The van der Waals surface area contributed by atoms with Crippen molar-refractivity contribution in [1.82, 2.24) is 0 Å². The maximum Gasteiger partial charge on any atom is 0.148 e. The normalized spacial score (nSPS) is 17.4. The van der Waals surface area contributed by atoms with Gasteiger partial charge in [0.05, 0.1) is 25.1 Å². The van der Waals surface area contributed by atoms with E-state index in [9.17, 15) is 9.50 Å². The molecule has 0 saturated heterocycles. The van der Waals surface area contributed by atoms with Crippen LogP contribution in [0, 0.1) is 11.2 Å². The van der Waals surface area contributed by atoms with Crippen molar-refractivity contribution in [2.24, 2.45) is 5.41 Å². The molecule has 106 valence electrons. The van der Waals surface area contributed by atoms with Crippen molar-refractivity contribution in [3.05, 3.63) is 17.9 Å². The van der Waals surface area contributed by atoms with E-state index in [1.165, 1.54) is 13.2 Å². The number of nitrogens with two attached hydrogens (primary N) is 1. The lowest BCUT2D eigenvalue weighted by atomic mass is 9.87. The Morgan fingerprint density at radius 1 is 1.42 bits per heavy atom. The van der Waals surface area contributed by atoms with Crippen LogP contribution in [0.3, 0.4) is 0 Å². The first-order chi connectivity index (χ1) is 9.10. The van der Waals surface area contributed by atoms with Crippen LogP contribution >= 0.6 is 0 Å². The standard InChI is InChI=1S/C14H21FN2O2/c1-19-13-7-12(10(15)6-11(13)16)17-8-14(9-18)4-2-3-5-14/h6-7,17-18H,2-5,8-9,16H2,1H3. The van der Waals surface area contributed by atoms with E-state index >= 15 is 0 Å². The summed E-state index contributed by atoms with van der Waals surface area (Å²) >= 11 is 0. The number of hydrogen-bond donors (Lipinski definition) is 3. The van der Waals surface area contributed by atoms with Crippen molar-refractivity contribution in [2.75, 3.05) is 31.3 Å². The number of halogens is 1. The van der Waals surface area contributed by atoms with Gasteiger partial charge in [-0.3, -0.25) is 0 Å². The maximum atomic E-state index is 13.8. The average Bonchev–Trinajstić information content (AvgIpc) is 2.87. The summed E-state index contributed by atoms with van der Waals surface area (Å²) in [5.74, 6) is 0.0535. The number of aliphatic hydroxyl groups is 1. The van der Waals surface area contributed by atoms with Crippen molar-refractivity contribution in [3.63, 3.8) is 0 Å². The van der Waals surface area contributed by atoms with Crippen LogP contribution in [0.2, 0.25) is 0 Å². The van der Waals surface area contributed by atoms with Gasteiger partial charge in [-0.1, -0.05) is 12.8 Å². The molecule has 0 atom stereocenters. The van der Waals surface area contributed by atoms with E-state index in [-0.39, 0.29) is 17.7 Å². The molecule has 1 aliphatic rings. The highest BCUT2D eigenvalue weighted by Crippen LogP contribution is 2.38. The Morgan fingerprint density at radius 3 is 2.68 bits per heavy atom. The highest BCUT2D eigenvalue weighted by Gasteiger charge is 2.33. The molecule has 1 aromatic rings. The molecule has 0 aromatic heterocycles. The molecule has 1 fully saturated rings. The Bertz CT molecular complexity index is 445. The van der Waals surface area contributed by atoms with E-state index in [2.05, 4.69) is 5.32 Å². The third kappa shape index (κ3) is 2.92. The summed E-state index contributed by atoms with van der Waals surface area (Å²) < 4.78 is 18.9. The zero-order chi connectivity index (χ0) is 13.9. The van der Waals surface area contributed by atoms with Crippen LogP contribution in [0.1, 0.15) is 25.7 Å². The first kappa shape index (κ1) is 13.9. The number of rotatable bonds is 5. The van der Waals surface area contributed by atoms with Gasteiger partial charge in [0, 0.05) is 24.1 Å². The van der Waals surface area contributed by atoms with Gasteiger partial charge in [-0.05, 0) is 12.8 Å². The fourth-order valence-electron chi connectivity index (χ4n) is 2.68. The largest absolute Gasteiger partial charge is 0.495 e. The van der Waals surface area contributed by atoms with Gasteiger partial charge in [-0.2, -0.15) is 0 Å². The summed E-state index contributed by atoms with van der Waals surface area (Å²) in [6.45, 7) is 0.696. The zero-order valence-electron chi connectivity index (χ0n) is 11.2. The number of hydrogen-bond acceptors (Lipinski definition) is 4. The summed E-state index contributed by atoms with van der Waals surface area (Å²) in [4.78, 5) is 0. The second-order valence-electron chi connectivity index (χ2n) is 5.29. The first-order valence-corrected chi connectivity index (χ1v) is 6.58. The molecule has 19 heavy (non-hydrogen) atoms. The SMILES string of the molecule is COc1cc(NCC2(CO)CCCC2)c(F)cc1N. The minimum atomic E-state index is -0.399. The van der Waals surface area contributed by atoms with Gasteiger partial charge in [0.25, 0.3) is 0 Å². The number of aliphatic hydroxyl groups excluding tert-OH is 1. The predicted molar refractivity (Wildman–Crippen MR) is 73.8 cm³/mol. The smallest absolute Gasteiger partial charge is 0.148 e. The summed E-state index contributed by atoms with van der Waals surface area (Å²) in [5.41, 5.74) is 6.16.